The third kappa shape index (κ3) is 3.48. The van der Waals surface area contributed by atoms with E-state index in [1.54, 1.807) is 19.1 Å². The number of fused-ring (bicyclic) bond motifs is 1. The second-order valence-corrected chi connectivity index (χ2v) is 5.57. The Morgan fingerprint density at radius 2 is 2.04 bits per heavy atom. The monoisotopic (exact) mass is 325 g/mol. The van der Waals surface area contributed by atoms with Crippen molar-refractivity contribution in [2.75, 3.05) is 6.54 Å². The van der Waals surface area contributed by atoms with Gasteiger partial charge in [0.05, 0.1) is 6.26 Å². The van der Waals surface area contributed by atoms with E-state index in [0.717, 1.165) is 16.5 Å². The van der Waals surface area contributed by atoms with Crippen molar-refractivity contribution < 1.29 is 14.0 Å². The number of rotatable bonds is 6. The van der Waals surface area contributed by atoms with E-state index in [9.17, 15) is 9.59 Å². The first-order chi connectivity index (χ1) is 11.6. The molecule has 0 aliphatic heterocycles. The molecule has 0 aliphatic carbocycles. The first-order valence-corrected chi connectivity index (χ1v) is 7.82. The van der Waals surface area contributed by atoms with Crippen molar-refractivity contribution in [2.24, 2.45) is 0 Å². The van der Waals surface area contributed by atoms with Crippen molar-refractivity contribution in [3.05, 3.63) is 60.2 Å². The lowest BCUT2D eigenvalue weighted by Crippen LogP contribution is -2.45. The quantitative estimate of drug-likeness (QED) is 0.649. The fourth-order valence-electron chi connectivity index (χ4n) is 2.55. The molecule has 0 bridgehead atoms. The normalized spacial score (nSPS) is 12.0. The highest BCUT2D eigenvalue weighted by Gasteiger charge is 2.17. The molecule has 2 heterocycles. The summed E-state index contributed by atoms with van der Waals surface area (Å²) in [6.45, 7) is 2.14. The van der Waals surface area contributed by atoms with Gasteiger partial charge in [0, 0.05) is 23.6 Å². The number of amides is 2. The van der Waals surface area contributed by atoms with Crippen LogP contribution in [0.2, 0.25) is 0 Å². The van der Waals surface area contributed by atoms with Crippen LogP contribution in [-0.2, 0) is 11.2 Å². The van der Waals surface area contributed by atoms with E-state index < -0.39 is 11.9 Å². The van der Waals surface area contributed by atoms with Gasteiger partial charge < -0.3 is 20.0 Å². The van der Waals surface area contributed by atoms with Crippen LogP contribution in [0, 0.1) is 0 Å². The van der Waals surface area contributed by atoms with Crippen LogP contribution in [0.3, 0.4) is 0 Å². The number of hydrogen-bond donors (Lipinski definition) is 3. The van der Waals surface area contributed by atoms with Gasteiger partial charge >= 0.3 is 0 Å². The molecule has 3 aromatic rings. The Morgan fingerprint density at radius 1 is 1.21 bits per heavy atom. The van der Waals surface area contributed by atoms with Crippen LogP contribution in [0.15, 0.2) is 53.3 Å². The van der Waals surface area contributed by atoms with E-state index in [0.29, 0.717) is 13.0 Å². The molecule has 124 valence electrons. The molecule has 3 N–H and O–H groups in total. The van der Waals surface area contributed by atoms with Gasteiger partial charge in [-0.2, -0.15) is 0 Å². The zero-order valence-corrected chi connectivity index (χ0v) is 13.3. The number of nitrogens with one attached hydrogen (secondary N) is 3. The largest absolute Gasteiger partial charge is 0.459 e. The van der Waals surface area contributed by atoms with Crippen molar-refractivity contribution in [2.45, 2.75) is 19.4 Å². The summed E-state index contributed by atoms with van der Waals surface area (Å²) < 4.78 is 5.00. The predicted molar refractivity (Wildman–Crippen MR) is 90.6 cm³/mol. The van der Waals surface area contributed by atoms with Crippen molar-refractivity contribution in [1.82, 2.24) is 15.6 Å². The molecular weight excluding hydrogens is 306 g/mol. The Labute approximate surface area is 139 Å². The summed E-state index contributed by atoms with van der Waals surface area (Å²) in [5.74, 6) is -0.442. The Bertz CT molecular complexity index is 836. The summed E-state index contributed by atoms with van der Waals surface area (Å²) in [5, 5.41) is 6.60. The summed E-state index contributed by atoms with van der Waals surface area (Å²) in [5.41, 5.74) is 2.23. The van der Waals surface area contributed by atoms with E-state index in [1.165, 1.54) is 6.26 Å². The topological polar surface area (TPSA) is 87.1 Å². The van der Waals surface area contributed by atoms with Crippen molar-refractivity contribution in [3.63, 3.8) is 0 Å². The van der Waals surface area contributed by atoms with Gasteiger partial charge in [0.1, 0.15) is 6.04 Å². The minimum atomic E-state index is -0.634. The molecule has 0 saturated heterocycles. The van der Waals surface area contributed by atoms with Crippen LogP contribution in [0.5, 0.6) is 0 Å². The summed E-state index contributed by atoms with van der Waals surface area (Å²) in [7, 11) is 0. The number of furan rings is 1. The van der Waals surface area contributed by atoms with Crippen LogP contribution < -0.4 is 10.6 Å². The Hall–Kier alpha value is -3.02. The maximum Gasteiger partial charge on any atom is 0.287 e. The van der Waals surface area contributed by atoms with E-state index >= 15 is 0 Å². The number of hydrogen-bond acceptors (Lipinski definition) is 3. The fourth-order valence-corrected chi connectivity index (χ4v) is 2.55. The zero-order chi connectivity index (χ0) is 16.9. The van der Waals surface area contributed by atoms with Gasteiger partial charge in [-0.1, -0.05) is 18.2 Å². The lowest BCUT2D eigenvalue weighted by Gasteiger charge is -2.13. The standard InChI is InChI=1S/C18H19N3O3/c1-12(21-18(23)16-7-4-10-24-16)17(22)19-9-8-13-11-20-15-6-3-2-5-14(13)15/h2-7,10-12,20H,8-9H2,1H3,(H,19,22)(H,21,23)/t12-/m0/s1. The number of H-pyrrole nitrogens is 1. The molecule has 0 aliphatic rings. The summed E-state index contributed by atoms with van der Waals surface area (Å²) in [6.07, 6.45) is 4.09. The number of aromatic amines is 1. The maximum absolute atomic E-state index is 12.1. The van der Waals surface area contributed by atoms with Crippen LogP contribution in [-0.4, -0.2) is 29.4 Å². The first-order valence-electron chi connectivity index (χ1n) is 7.82. The summed E-state index contributed by atoms with van der Waals surface area (Å²) in [4.78, 5) is 27.1. The highest BCUT2D eigenvalue weighted by Crippen LogP contribution is 2.17. The number of carbonyl (C=O) groups is 2. The van der Waals surface area contributed by atoms with E-state index in [2.05, 4.69) is 21.7 Å². The van der Waals surface area contributed by atoms with Gasteiger partial charge in [-0.15, -0.1) is 0 Å². The molecule has 6 heteroatoms. The molecule has 1 aromatic carbocycles. The van der Waals surface area contributed by atoms with Crippen LogP contribution in [0.25, 0.3) is 10.9 Å². The Morgan fingerprint density at radius 3 is 2.83 bits per heavy atom. The minimum Gasteiger partial charge on any atom is -0.459 e. The van der Waals surface area contributed by atoms with Gasteiger partial charge in [0.25, 0.3) is 5.91 Å². The fraction of sp³-hybridized carbons (Fsp3) is 0.222. The Balaban J connectivity index is 1.49. The Kier molecular flexibility index (Phi) is 4.65. The minimum absolute atomic E-state index is 0.188. The van der Waals surface area contributed by atoms with E-state index in [-0.39, 0.29) is 11.7 Å². The molecule has 0 saturated carbocycles. The molecule has 0 unspecified atom stereocenters. The van der Waals surface area contributed by atoms with Crippen molar-refractivity contribution in [3.8, 4) is 0 Å². The molecule has 0 fully saturated rings. The first kappa shape index (κ1) is 15.9. The smallest absolute Gasteiger partial charge is 0.287 e. The number of carbonyl (C=O) groups excluding carboxylic acids is 2. The van der Waals surface area contributed by atoms with Crippen LogP contribution in [0.4, 0.5) is 0 Å². The molecule has 24 heavy (non-hydrogen) atoms. The summed E-state index contributed by atoms with van der Waals surface area (Å²) in [6, 6.07) is 10.6. The second kappa shape index (κ2) is 7.04. The third-order valence-corrected chi connectivity index (χ3v) is 3.85. The average molecular weight is 325 g/mol. The van der Waals surface area contributed by atoms with E-state index in [4.69, 9.17) is 4.42 Å². The predicted octanol–water partition coefficient (Wildman–Crippen LogP) is 2.24. The zero-order valence-electron chi connectivity index (χ0n) is 13.3. The lowest BCUT2D eigenvalue weighted by atomic mass is 10.1. The highest BCUT2D eigenvalue weighted by molar-refractivity contribution is 5.95. The van der Waals surface area contributed by atoms with Crippen LogP contribution in [0.1, 0.15) is 23.0 Å². The van der Waals surface area contributed by atoms with Crippen LogP contribution >= 0.6 is 0 Å². The maximum atomic E-state index is 12.1. The average Bonchev–Trinajstić information content (AvgIpc) is 3.24. The SMILES string of the molecule is C[C@H](NC(=O)c1ccco1)C(=O)NCCc1c[nH]c2ccccc12. The second-order valence-electron chi connectivity index (χ2n) is 5.57. The highest BCUT2D eigenvalue weighted by atomic mass is 16.3. The summed E-state index contributed by atoms with van der Waals surface area (Å²) >= 11 is 0. The van der Waals surface area contributed by atoms with Gasteiger partial charge in [-0.25, -0.2) is 0 Å². The molecular formula is C18H19N3O3. The van der Waals surface area contributed by atoms with Crippen molar-refractivity contribution in [1.29, 1.82) is 0 Å². The molecule has 0 radical (unpaired) electrons. The lowest BCUT2D eigenvalue weighted by molar-refractivity contribution is -0.122. The number of para-hydroxylation sites is 1. The third-order valence-electron chi connectivity index (χ3n) is 3.85. The van der Waals surface area contributed by atoms with Gasteiger partial charge in [-0.05, 0) is 37.1 Å². The molecule has 2 aromatic heterocycles. The molecule has 0 spiro atoms. The van der Waals surface area contributed by atoms with Crippen molar-refractivity contribution >= 4 is 22.7 Å². The van der Waals surface area contributed by atoms with E-state index in [1.807, 2.05) is 24.4 Å². The van der Waals surface area contributed by atoms with Gasteiger partial charge in [0.15, 0.2) is 5.76 Å². The van der Waals surface area contributed by atoms with Gasteiger partial charge in [-0.3, -0.25) is 9.59 Å². The van der Waals surface area contributed by atoms with Gasteiger partial charge in [0.2, 0.25) is 5.91 Å². The number of benzene rings is 1. The molecule has 1 atom stereocenters. The number of aromatic nitrogens is 1. The molecule has 3 rings (SSSR count). The molecule has 6 nitrogen and oxygen atoms in total. The molecule has 2 amide bonds.